The Morgan fingerprint density at radius 2 is 2.17 bits per heavy atom. The highest BCUT2D eigenvalue weighted by Crippen LogP contribution is 2.35. The van der Waals surface area contributed by atoms with E-state index in [1.807, 2.05) is 17.9 Å². The third kappa shape index (κ3) is 2.41. The van der Waals surface area contributed by atoms with Gasteiger partial charge in [-0.2, -0.15) is 4.98 Å². The van der Waals surface area contributed by atoms with Crippen LogP contribution >= 0.6 is 0 Å². The normalized spacial score (nSPS) is 13.5. The summed E-state index contributed by atoms with van der Waals surface area (Å²) in [6, 6.07) is 5.02. The molecule has 0 saturated heterocycles. The molecule has 1 aliphatic rings. The smallest absolute Gasteiger partial charge is 0.222 e. The van der Waals surface area contributed by atoms with E-state index in [-0.39, 0.29) is 11.8 Å². The van der Waals surface area contributed by atoms with Crippen molar-refractivity contribution in [2.45, 2.75) is 6.92 Å². The number of fused-ring (bicyclic) bond motifs is 1. The van der Waals surface area contributed by atoms with Gasteiger partial charge in [0.15, 0.2) is 11.6 Å². The van der Waals surface area contributed by atoms with Crippen molar-refractivity contribution >= 4 is 17.5 Å². The van der Waals surface area contributed by atoms with Gasteiger partial charge in [-0.05, 0) is 25.1 Å². The van der Waals surface area contributed by atoms with Crippen molar-refractivity contribution < 1.29 is 9.13 Å². The Balaban J connectivity index is 1.74. The molecule has 0 spiro atoms. The van der Waals surface area contributed by atoms with Crippen molar-refractivity contribution in [2.24, 2.45) is 0 Å². The van der Waals surface area contributed by atoms with Crippen LogP contribution in [0.3, 0.4) is 0 Å². The minimum absolute atomic E-state index is 0.148. The fourth-order valence-corrected chi connectivity index (χ4v) is 2.70. The predicted octanol–water partition coefficient (Wildman–Crippen LogP) is 2.22. The number of nitrogens with two attached hydrogens (primary N) is 1. The fraction of sp³-hybridized carbons (Fsp3) is 0.188. The molecule has 8 heteroatoms. The molecule has 7 nitrogen and oxygen atoms in total. The SMILES string of the molecule is Cc1cn(-c2ccc(N3CCOc4cnc(N)nc43)cc2F)cn1. The summed E-state index contributed by atoms with van der Waals surface area (Å²) in [4.78, 5) is 14.1. The molecule has 3 heterocycles. The lowest BCUT2D eigenvalue weighted by molar-refractivity contribution is 0.310. The number of hydrogen-bond donors (Lipinski definition) is 1. The highest BCUT2D eigenvalue weighted by Gasteiger charge is 2.23. The van der Waals surface area contributed by atoms with Crippen LogP contribution in [-0.2, 0) is 0 Å². The number of hydrogen-bond acceptors (Lipinski definition) is 6. The Morgan fingerprint density at radius 1 is 1.29 bits per heavy atom. The molecular formula is C16H15FN6O. The molecule has 24 heavy (non-hydrogen) atoms. The van der Waals surface area contributed by atoms with E-state index < -0.39 is 0 Å². The zero-order valence-corrected chi connectivity index (χ0v) is 13.0. The number of anilines is 3. The van der Waals surface area contributed by atoms with Crippen LogP contribution in [0.1, 0.15) is 5.69 Å². The maximum Gasteiger partial charge on any atom is 0.222 e. The minimum atomic E-state index is -0.347. The summed E-state index contributed by atoms with van der Waals surface area (Å²) in [6.45, 7) is 2.87. The van der Waals surface area contributed by atoms with Gasteiger partial charge in [-0.3, -0.25) is 0 Å². The number of nitrogen functional groups attached to an aromatic ring is 1. The van der Waals surface area contributed by atoms with Crippen molar-refractivity contribution in [3.63, 3.8) is 0 Å². The van der Waals surface area contributed by atoms with Gasteiger partial charge in [-0.1, -0.05) is 0 Å². The first-order chi connectivity index (χ1) is 11.6. The van der Waals surface area contributed by atoms with Gasteiger partial charge in [0.2, 0.25) is 5.95 Å². The fourth-order valence-electron chi connectivity index (χ4n) is 2.70. The Kier molecular flexibility index (Phi) is 3.30. The van der Waals surface area contributed by atoms with Crippen LogP contribution in [0.15, 0.2) is 36.9 Å². The number of nitrogens with zero attached hydrogens (tertiary/aromatic N) is 5. The van der Waals surface area contributed by atoms with E-state index in [0.717, 1.165) is 5.69 Å². The summed E-state index contributed by atoms with van der Waals surface area (Å²) >= 11 is 0. The molecule has 4 rings (SSSR count). The number of aromatic nitrogens is 4. The van der Waals surface area contributed by atoms with Crippen LogP contribution in [0, 0.1) is 12.7 Å². The van der Waals surface area contributed by atoms with E-state index in [4.69, 9.17) is 10.5 Å². The Hall–Kier alpha value is -3.16. The first-order valence-electron chi connectivity index (χ1n) is 7.45. The summed E-state index contributed by atoms with van der Waals surface area (Å²) < 4.78 is 21.8. The van der Waals surface area contributed by atoms with Gasteiger partial charge in [0.25, 0.3) is 0 Å². The van der Waals surface area contributed by atoms with Crippen LogP contribution in [0.25, 0.3) is 5.69 Å². The maximum atomic E-state index is 14.6. The van der Waals surface area contributed by atoms with E-state index in [1.165, 1.54) is 12.3 Å². The van der Waals surface area contributed by atoms with Crippen LogP contribution in [-0.4, -0.2) is 32.7 Å². The molecule has 0 saturated carbocycles. The van der Waals surface area contributed by atoms with Gasteiger partial charge >= 0.3 is 0 Å². The van der Waals surface area contributed by atoms with E-state index in [2.05, 4.69) is 15.0 Å². The highest BCUT2D eigenvalue weighted by molar-refractivity contribution is 5.68. The monoisotopic (exact) mass is 326 g/mol. The second-order valence-corrected chi connectivity index (χ2v) is 5.47. The van der Waals surface area contributed by atoms with Crippen molar-refractivity contribution in [3.05, 3.63) is 48.4 Å². The molecule has 1 aliphatic heterocycles. The van der Waals surface area contributed by atoms with Crippen LogP contribution in [0.5, 0.6) is 5.75 Å². The predicted molar refractivity (Wildman–Crippen MR) is 87.2 cm³/mol. The number of halogens is 1. The summed E-state index contributed by atoms with van der Waals surface area (Å²) in [5.41, 5.74) is 7.61. The average Bonchev–Trinajstić information content (AvgIpc) is 3.00. The number of imidazole rings is 1. The largest absolute Gasteiger partial charge is 0.486 e. The second-order valence-electron chi connectivity index (χ2n) is 5.47. The molecule has 0 bridgehead atoms. The quantitative estimate of drug-likeness (QED) is 0.777. The first kappa shape index (κ1) is 14.4. The third-order valence-electron chi connectivity index (χ3n) is 3.82. The van der Waals surface area contributed by atoms with Gasteiger partial charge in [0.1, 0.15) is 12.4 Å². The topological polar surface area (TPSA) is 82.1 Å². The summed E-state index contributed by atoms with van der Waals surface area (Å²) in [5.74, 6) is 0.875. The van der Waals surface area contributed by atoms with Crippen molar-refractivity contribution in [2.75, 3.05) is 23.8 Å². The summed E-state index contributed by atoms with van der Waals surface area (Å²) in [5, 5.41) is 0. The first-order valence-corrected chi connectivity index (χ1v) is 7.45. The Morgan fingerprint density at radius 3 is 2.92 bits per heavy atom. The molecule has 3 aromatic rings. The minimum Gasteiger partial charge on any atom is -0.486 e. The van der Waals surface area contributed by atoms with Gasteiger partial charge in [0.05, 0.1) is 30.5 Å². The lowest BCUT2D eigenvalue weighted by Gasteiger charge is -2.30. The van der Waals surface area contributed by atoms with E-state index in [0.29, 0.717) is 36.1 Å². The molecule has 2 aromatic heterocycles. The van der Waals surface area contributed by atoms with Crippen molar-refractivity contribution in [1.82, 2.24) is 19.5 Å². The molecule has 0 unspecified atom stereocenters. The second kappa shape index (κ2) is 5.48. The molecule has 0 atom stereocenters. The summed E-state index contributed by atoms with van der Waals surface area (Å²) in [7, 11) is 0. The molecule has 2 N–H and O–H groups in total. The number of benzene rings is 1. The average molecular weight is 326 g/mol. The van der Waals surface area contributed by atoms with Crippen molar-refractivity contribution in [1.29, 1.82) is 0 Å². The highest BCUT2D eigenvalue weighted by atomic mass is 19.1. The van der Waals surface area contributed by atoms with Gasteiger partial charge in [0, 0.05) is 11.9 Å². The molecule has 122 valence electrons. The van der Waals surface area contributed by atoms with E-state index in [1.54, 1.807) is 23.2 Å². The molecule has 0 amide bonds. The standard InChI is InChI=1S/C16H15FN6O/c1-10-8-22(9-20-10)13-3-2-11(6-12(13)17)23-4-5-24-14-7-19-16(18)21-15(14)23/h2-3,6-9H,4-5H2,1H3,(H2,18,19,21). The van der Waals surface area contributed by atoms with Crippen molar-refractivity contribution in [3.8, 4) is 11.4 Å². The summed E-state index contributed by atoms with van der Waals surface area (Å²) in [6.07, 6.45) is 4.89. The Labute approximate surface area is 137 Å². The van der Waals surface area contributed by atoms with Gasteiger partial charge < -0.3 is 19.9 Å². The lowest BCUT2D eigenvalue weighted by atomic mass is 10.2. The third-order valence-corrected chi connectivity index (χ3v) is 3.82. The van der Waals surface area contributed by atoms with Crippen LogP contribution < -0.4 is 15.4 Å². The molecule has 0 aliphatic carbocycles. The Bertz CT molecular complexity index is 909. The van der Waals surface area contributed by atoms with Gasteiger partial charge in [-0.15, -0.1) is 0 Å². The molecule has 0 radical (unpaired) electrons. The molecule has 1 aromatic carbocycles. The van der Waals surface area contributed by atoms with Crippen LogP contribution in [0.4, 0.5) is 21.8 Å². The van der Waals surface area contributed by atoms with Gasteiger partial charge in [-0.25, -0.2) is 14.4 Å². The lowest BCUT2D eigenvalue weighted by Crippen LogP contribution is -2.30. The number of rotatable bonds is 2. The zero-order valence-electron chi connectivity index (χ0n) is 13.0. The van der Waals surface area contributed by atoms with E-state index >= 15 is 0 Å². The molecular weight excluding hydrogens is 311 g/mol. The number of aryl methyl sites for hydroxylation is 1. The van der Waals surface area contributed by atoms with Crippen LogP contribution in [0.2, 0.25) is 0 Å². The van der Waals surface area contributed by atoms with E-state index in [9.17, 15) is 4.39 Å². The zero-order chi connectivity index (χ0) is 16.7. The maximum absolute atomic E-state index is 14.6. The number of ether oxygens (including phenoxy) is 1. The molecule has 0 fully saturated rings.